The van der Waals surface area contributed by atoms with Gasteiger partial charge in [0.15, 0.2) is 5.41 Å². The summed E-state index contributed by atoms with van der Waals surface area (Å²) in [5, 5.41) is 19.2. The van der Waals surface area contributed by atoms with Gasteiger partial charge in [0.2, 0.25) is 0 Å². The van der Waals surface area contributed by atoms with Crippen LogP contribution in [0.3, 0.4) is 0 Å². The average molecular weight is 424 g/mol. The SMILES string of the molecule is CCCCCCc1ccc(-c2ccc(C3C(Cl)CCCC3(C#N)C(=O)O)cc2)cc1. The molecule has 3 atom stereocenters. The number of hydrogen-bond donors (Lipinski definition) is 1. The molecule has 1 saturated carbocycles. The number of carbonyl (C=O) groups is 1. The highest BCUT2D eigenvalue weighted by Gasteiger charge is 2.52. The fraction of sp³-hybridized carbons (Fsp3) is 0.462. The molecule has 2 aromatic carbocycles. The Morgan fingerprint density at radius 1 is 1.10 bits per heavy atom. The largest absolute Gasteiger partial charge is 0.480 e. The van der Waals surface area contributed by atoms with Gasteiger partial charge in [-0.3, -0.25) is 4.79 Å². The highest BCUT2D eigenvalue weighted by molar-refractivity contribution is 6.21. The summed E-state index contributed by atoms with van der Waals surface area (Å²) in [4.78, 5) is 12.0. The second-order valence-corrected chi connectivity index (χ2v) is 8.96. The summed E-state index contributed by atoms with van der Waals surface area (Å²) in [7, 11) is 0. The molecule has 0 amide bonds. The number of halogens is 1. The van der Waals surface area contributed by atoms with Crippen LogP contribution in [0.15, 0.2) is 48.5 Å². The van der Waals surface area contributed by atoms with E-state index in [9.17, 15) is 15.2 Å². The molecule has 0 aliphatic heterocycles. The van der Waals surface area contributed by atoms with E-state index in [1.165, 1.54) is 31.2 Å². The van der Waals surface area contributed by atoms with Crippen LogP contribution in [0.5, 0.6) is 0 Å². The third kappa shape index (κ3) is 4.71. The molecule has 0 aromatic heterocycles. The maximum Gasteiger partial charge on any atom is 0.324 e. The monoisotopic (exact) mass is 423 g/mol. The van der Waals surface area contributed by atoms with E-state index in [2.05, 4.69) is 37.3 Å². The number of carboxylic acids is 1. The molecular weight excluding hydrogens is 394 g/mol. The van der Waals surface area contributed by atoms with Gasteiger partial charge in [0.05, 0.1) is 6.07 Å². The van der Waals surface area contributed by atoms with Gasteiger partial charge in [-0.15, -0.1) is 11.6 Å². The molecule has 3 nitrogen and oxygen atoms in total. The van der Waals surface area contributed by atoms with Crippen LogP contribution < -0.4 is 0 Å². The minimum Gasteiger partial charge on any atom is -0.480 e. The van der Waals surface area contributed by atoms with E-state index in [0.29, 0.717) is 12.8 Å². The van der Waals surface area contributed by atoms with Crippen LogP contribution in [0.25, 0.3) is 11.1 Å². The van der Waals surface area contributed by atoms with Gasteiger partial charge in [-0.1, -0.05) is 74.7 Å². The molecule has 158 valence electrons. The number of hydrogen-bond acceptors (Lipinski definition) is 2. The summed E-state index contributed by atoms with van der Waals surface area (Å²) in [5.41, 5.74) is 2.95. The number of nitrogens with zero attached hydrogens (tertiary/aromatic N) is 1. The number of benzene rings is 2. The summed E-state index contributed by atoms with van der Waals surface area (Å²) in [6.45, 7) is 2.23. The van der Waals surface area contributed by atoms with Crippen molar-refractivity contribution in [2.75, 3.05) is 0 Å². The standard InChI is InChI=1S/C26H30ClNO2/c1-2-3-4-5-7-19-9-11-20(12-10-19)21-13-15-22(16-14-21)24-23(27)8-6-17-26(24,18-28)25(29)30/h9-16,23-24H,2-8,17H2,1H3,(H,29,30). The van der Waals surface area contributed by atoms with Crippen LogP contribution >= 0.6 is 11.6 Å². The maximum absolute atomic E-state index is 12.0. The smallest absolute Gasteiger partial charge is 0.324 e. The molecule has 0 bridgehead atoms. The average Bonchev–Trinajstić information content (AvgIpc) is 2.77. The Morgan fingerprint density at radius 2 is 1.73 bits per heavy atom. The van der Waals surface area contributed by atoms with Crippen LogP contribution in [-0.4, -0.2) is 16.5 Å². The lowest BCUT2D eigenvalue weighted by Gasteiger charge is -2.39. The third-order valence-electron chi connectivity index (χ3n) is 6.40. The summed E-state index contributed by atoms with van der Waals surface area (Å²) < 4.78 is 0. The minimum absolute atomic E-state index is 0.341. The highest BCUT2D eigenvalue weighted by atomic mass is 35.5. The number of nitriles is 1. The quantitative estimate of drug-likeness (QED) is 0.369. The Morgan fingerprint density at radius 3 is 2.30 bits per heavy atom. The maximum atomic E-state index is 12.0. The topological polar surface area (TPSA) is 61.1 Å². The van der Waals surface area contributed by atoms with Crippen molar-refractivity contribution in [2.24, 2.45) is 5.41 Å². The highest BCUT2D eigenvalue weighted by Crippen LogP contribution is 2.49. The summed E-state index contributed by atoms with van der Waals surface area (Å²) in [6.07, 6.45) is 7.90. The van der Waals surface area contributed by atoms with E-state index in [0.717, 1.165) is 29.5 Å². The van der Waals surface area contributed by atoms with Gasteiger partial charge in [-0.2, -0.15) is 5.26 Å². The number of aryl methyl sites for hydroxylation is 1. The first-order valence-electron chi connectivity index (χ1n) is 11.0. The normalized spacial score (nSPS) is 23.6. The Kier molecular flexibility index (Phi) is 7.56. The number of alkyl halides is 1. The molecule has 0 saturated heterocycles. The van der Waals surface area contributed by atoms with Crippen molar-refractivity contribution in [3.8, 4) is 17.2 Å². The molecule has 30 heavy (non-hydrogen) atoms. The zero-order chi connectivity index (χ0) is 21.6. The predicted octanol–water partition coefficient (Wildman–Crippen LogP) is 6.95. The zero-order valence-corrected chi connectivity index (χ0v) is 18.4. The van der Waals surface area contributed by atoms with Crippen molar-refractivity contribution in [1.82, 2.24) is 0 Å². The third-order valence-corrected chi connectivity index (χ3v) is 6.87. The Bertz CT molecular complexity index is 885. The lowest BCUT2D eigenvalue weighted by molar-refractivity contribution is -0.148. The fourth-order valence-corrected chi connectivity index (χ4v) is 5.13. The first-order chi connectivity index (χ1) is 14.5. The van der Waals surface area contributed by atoms with Crippen LogP contribution in [-0.2, 0) is 11.2 Å². The van der Waals surface area contributed by atoms with E-state index in [-0.39, 0.29) is 5.38 Å². The number of aliphatic carboxylic acids is 1. The van der Waals surface area contributed by atoms with Gasteiger partial charge < -0.3 is 5.11 Å². The summed E-state index contributed by atoms with van der Waals surface area (Å²) in [5.74, 6) is -1.58. The van der Waals surface area contributed by atoms with E-state index < -0.39 is 17.3 Å². The van der Waals surface area contributed by atoms with E-state index in [4.69, 9.17) is 11.6 Å². The van der Waals surface area contributed by atoms with Gasteiger partial charge in [-0.25, -0.2) is 0 Å². The van der Waals surface area contributed by atoms with Gasteiger partial charge >= 0.3 is 5.97 Å². The molecule has 1 aliphatic rings. The Labute approximate surface area is 184 Å². The summed E-state index contributed by atoms with van der Waals surface area (Å²) in [6, 6.07) is 18.7. The van der Waals surface area contributed by atoms with Crippen LogP contribution in [0, 0.1) is 16.7 Å². The second-order valence-electron chi connectivity index (χ2n) is 8.40. The first kappa shape index (κ1) is 22.4. The van der Waals surface area contributed by atoms with Crippen molar-refractivity contribution in [3.63, 3.8) is 0 Å². The molecule has 3 rings (SSSR count). The predicted molar refractivity (Wildman–Crippen MR) is 122 cm³/mol. The molecule has 1 aliphatic carbocycles. The minimum atomic E-state index is -1.45. The molecule has 1 fully saturated rings. The van der Waals surface area contributed by atoms with Crippen molar-refractivity contribution >= 4 is 17.6 Å². The molecule has 3 unspecified atom stereocenters. The van der Waals surface area contributed by atoms with Crippen LogP contribution in [0.4, 0.5) is 0 Å². The fourth-order valence-electron chi connectivity index (χ4n) is 4.62. The van der Waals surface area contributed by atoms with Crippen molar-refractivity contribution in [3.05, 3.63) is 59.7 Å². The van der Waals surface area contributed by atoms with E-state index in [1.807, 2.05) is 24.3 Å². The Balaban J connectivity index is 1.77. The molecule has 4 heteroatoms. The van der Waals surface area contributed by atoms with Crippen molar-refractivity contribution < 1.29 is 9.90 Å². The van der Waals surface area contributed by atoms with Crippen LogP contribution in [0.2, 0.25) is 0 Å². The first-order valence-corrected chi connectivity index (χ1v) is 11.4. The number of carboxylic acid groups (broad SMARTS) is 1. The molecule has 1 N–H and O–H groups in total. The van der Waals surface area contributed by atoms with Gasteiger partial charge in [0.1, 0.15) is 0 Å². The van der Waals surface area contributed by atoms with Gasteiger partial charge in [-0.05, 0) is 54.4 Å². The number of unbranched alkanes of at least 4 members (excludes halogenated alkanes) is 3. The van der Waals surface area contributed by atoms with E-state index >= 15 is 0 Å². The second kappa shape index (κ2) is 10.1. The van der Waals surface area contributed by atoms with Crippen molar-refractivity contribution in [1.29, 1.82) is 5.26 Å². The summed E-state index contributed by atoms with van der Waals surface area (Å²) >= 11 is 6.55. The molecule has 2 aromatic rings. The lowest BCUT2D eigenvalue weighted by atomic mass is 9.64. The van der Waals surface area contributed by atoms with Gasteiger partial charge in [0.25, 0.3) is 0 Å². The molecule has 0 spiro atoms. The Hall–Kier alpha value is -2.31. The molecule has 0 heterocycles. The van der Waals surface area contributed by atoms with E-state index in [1.54, 1.807) is 0 Å². The molecular formula is C26H30ClNO2. The zero-order valence-electron chi connectivity index (χ0n) is 17.6. The van der Waals surface area contributed by atoms with Gasteiger partial charge in [0, 0.05) is 11.3 Å². The molecule has 0 radical (unpaired) electrons. The van der Waals surface area contributed by atoms with Crippen LogP contribution in [0.1, 0.15) is 68.9 Å². The van der Waals surface area contributed by atoms with Crippen molar-refractivity contribution in [2.45, 2.75) is 69.6 Å². The number of rotatable bonds is 8. The lowest BCUT2D eigenvalue weighted by Crippen LogP contribution is -2.43.